The van der Waals surface area contributed by atoms with Crippen LogP contribution in [0.25, 0.3) is 0 Å². The number of rotatable bonds is 2. The molecule has 0 aromatic heterocycles. The summed E-state index contributed by atoms with van der Waals surface area (Å²) >= 11 is 0. The lowest BCUT2D eigenvalue weighted by atomic mass is 10.1. The van der Waals surface area contributed by atoms with Crippen molar-refractivity contribution in [3.8, 4) is 0 Å². The van der Waals surface area contributed by atoms with Crippen LogP contribution in [0.2, 0.25) is 0 Å². The number of ether oxygens (including phenoxy) is 2. The lowest BCUT2D eigenvalue weighted by Gasteiger charge is -2.22. The molecule has 0 bridgehead atoms. The van der Waals surface area contributed by atoms with E-state index < -0.39 is 0 Å². The van der Waals surface area contributed by atoms with Crippen LogP contribution in [-0.4, -0.2) is 18.0 Å². The SMILES string of the molecule is CCC1CCC2(C1)OC(CC)[C@@H](C)O2. The van der Waals surface area contributed by atoms with E-state index in [1.807, 2.05) is 0 Å². The van der Waals surface area contributed by atoms with Gasteiger partial charge < -0.3 is 9.47 Å². The molecule has 82 valence electrons. The zero-order valence-corrected chi connectivity index (χ0v) is 9.58. The Bertz CT molecular complexity index is 200. The highest BCUT2D eigenvalue weighted by atomic mass is 16.8. The molecule has 4 atom stereocenters. The molecular weight excluding hydrogens is 176 g/mol. The highest BCUT2D eigenvalue weighted by molar-refractivity contribution is 4.90. The Morgan fingerprint density at radius 3 is 2.50 bits per heavy atom. The highest BCUT2D eigenvalue weighted by Crippen LogP contribution is 2.45. The Balaban J connectivity index is 1.99. The minimum Gasteiger partial charge on any atom is -0.344 e. The molecule has 1 spiro atoms. The Morgan fingerprint density at radius 1 is 1.21 bits per heavy atom. The maximum absolute atomic E-state index is 6.08. The molecule has 2 nitrogen and oxygen atoms in total. The molecule has 2 fully saturated rings. The smallest absolute Gasteiger partial charge is 0.169 e. The van der Waals surface area contributed by atoms with Crippen molar-refractivity contribution in [3.05, 3.63) is 0 Å². The van der Waals surface area contributed by atoms with Crippen molar-refractivity contribution >= 4 is 0 Å². The van der Waals surface area contributed by atoms with Crippen LogP contribution >= 0.6 is 0 Å². The Kier molecular flexibility index (Phi) is 2.85. The molecule has 3 unspecified atom stereocenters. The van der Waals surface area contributed by atoms with E-state index in [2.05, 4.69) is 20.8 Å². The average molecular weight is 198 g/mol. The van der Waals surface area contributed by atoms with Crippen molar-refractivity contribution in [1.29, 1.82) is 0 Å². The minimum atomic E-state index is -0.194. The van der Waals surface area contributed by atoms with Crippen LogP contribution in [0.3, 0.4) is 0 Å². The summed E-state index contributed by atoms with van der Waals surface area (Å²) in [6.45, 7) is 6.58. The largest absolute Gasteiger partial charge is 0.344 e. The summed E-state index contributed by atoms with van der Waals surface area (Å²) < 4.78 is 12.1. The first-order chi connectivity index (χ1) is 6.69. The molecule has 0 amide bonds. The van der Waals surface area contributed by atoms with Gasteiger partial charge in [-0.05, 0) is 25.7 Å². The first-order valence-corrected chi connectivity index (χ1v) is 6.04. The average Bonchev–Trinajstić information content (AvgIpc) is 2.71. The van der Waals surface area contributed by atoms with Crippen molar-refractivity contribution in [2.75, 3.05) is 0 Å². The zero-order valence-electron chi connectivity index (χ0n) is 9.58. The molecule has 1 saturated heterocycles. The van der Waals surface area contributed by atoms with Gasteiger partial charge in [0.2, 0.25) is 0 Å². The van der Waals surface area contributed by atoms with Gasteiger partial charge in [-0.1, -0.05) is 20.3 Å². The minimum absolute atomic E-state index is 0.194. The maximum atomic E-state index is 6.08. The van der Waals surface area contributed by atoms with Gasteiger partial charge in [-0.3, -0.25) is 0 Å². The van der Waals surface area contributed by atoms with Crippen LogP contribution in [0.4, 0.5) is 0 Å². The molecule has 1 saturated carbocycles. The lowest BCUT2D eigenvalue weighted by Crippen LogP contribution is -2.27. The van der Waals surface area contributed by atoms with E-state index >= 15 is 0 Å². The van der Waals surface area contributed by atoms with Gasteiger partial charge in [-0.15, -0.1) is 0 Å². The van der Waals surface area contributed by atoms with Gasteiger partial charge in [0.05, 0.1) is 12.2 Å². The van der Waals surface area contributed by atoms with Crippen molar-refractivity contribution in [1.82, 2.24) is 0 Å². The second-order valence-corrected chi connectivity index (χ2v) is 4.82. The number of hydrogen-bond donors (Lipinski definition) is 0. The van der Waals surface area contributed by atoms with E-state index in [1.54, 1.807) is 0 Å². The molecule has 0 radical (unpaired) electrons. The van der Waals surface area contributed by atoms with Crippen LogP contribution in [0.5, 0.6) is 0 Å². The molecule has 2 rings (SSSR count). The van der Waals surface area contributed by atoms with Crippen molar-refractivity contribution in [2.45, 2.75) is 70.9 Å². The Labute approximate surface area is 87.0 Å². The number of hydrogen-bond acceptors (Lipinski definition) is 2. The molecule has 0 aromatic rings. The van der Waals surface area contributed by atoms with Crippen LogP contribution in [0.15, 0.2) is 0 Å². The van der Waals surface area contributed by atoms with Gasteiger partial charge in [0.25, 0.3) is 0 Å². The zero-order chi connectivity index (χ0) is 10.2. The van der Waals surface area contributed by atoms with E-state index in [0.29, 0.717) is 6.10 Å². The van der Waals surface area contributed by atoms with Crippen LogP contribution in [0, 0.1) is 5.92 Å². The Hall–Kier alpha value is -0.0800. The molecular formula is C12H22O2. The summed E-state index contributed by atoms with van der Waals surface area (Å²) in [6.07, 6.45) is 6.44. The molecule has 1 aliphatic carbocycles. The van der Waals surface area contributed by atoms with Crippen LogP contribution < -0.4 is 0 Å². The molecule has 1 heterocycles. The topological polar surface area (TPSA) is 18.5 Å². The third-order valence-corrected chi connectivity index (χ3v) is 3.80. The molecule has 14 heavy (non-hydrogen) atoms. The molecule has 0 N–H and O–H groups in total. The monoisotopic (exact) mass is 198 g/mol. The van der Waals surface area contributed by atoms with Crippen LogP contribution in [-0.2, 0) is 9.47 Å². The van der Waals surface area contributed by atoms with E-state index in [1.165, 1.54) is 12.8 Å². The standard InChI is InChI=1S/C12H22O2/c1-4-10-6-7-12(8-10)13-9(3)11(5-2)14-12/h9-11H,4-8H2,1-3H3/t9-,10?,11?,12?/m1/s1. The van der Waals surface area contributed by atoms with Crippen molar-refractivity contribution < 1.29 is 9.47 Å². The van der Waals surface area contributed by atoms with Gasteiger partial charge in [-0.25, -0.2) is 0 Å². The summed E-state index contributed by atoms with van der Waals surface area (Å²) in [4.78, 5) is 0. The highest BCUT2D eigenvalue weighted by Gasteiger charge is 2.49. The van der Waals surface area contributed by atoms with Crippen molar-refractivity contribution in [3.63, 3.8) is 0 Å². The van der Waals surface area contributed by atoms with Gasteiger partial charge in [0.1, 0.15) is 0 Å². The first kappa shape index (κ1) is 10.4. The second-order valence-electron chi connectivity index (χ2n) is 4.82. The molecule has 0 aromatic carbocycles. The summed E-state index contributed by atoms with van der Waals surface area (Å²) in [5.41, 5.74) is 0. The Morgan fingerprint density at radius 2 is 2.00 bits per heavy atom. The fourth-order valence-corrected chi connectivity index (χ4v) is 2.86. The summed E-state index contributed by atoms with van der Waals surface area (Å²) in [6, 6.07) is 0. The van der Waals surface area contributed by atoms with Gasteiger partial charge in [-0.2, -0.15) is 0 Å². The van der Waals surface area contributed by atoms with Gasteiger partial charge >= 0.3 is 0 Å². The molecule has 2 heteroatoms. The second kappa shape index (κ2) is 3.82. The third-order valence-electron chi connectivity index (χ3n) is 3.80. The molecule has 1 aliphatic heterocycles. The first-order valence-electron chi connectivity index (χ1n) is 6.04. The summed E-state index contributed by atoms with van der Waals surface area (Å²) in [5.74, 6) is 0.624. The third kappa shape index (κ3) is 1.70. The van der Waals surface area contributed by atoms with Gasteiger partial charge in [0.15, 0.2) is 5.79 Å². The van der Waals surface area contributed by atoms with Crippen molar-refractivity contribution in [2.24, 2.45) is 5.92 Å². The molecule has 2 aliphatic rings. The van der Waals surface area contributed by atoms with E-state index in [-0.39, 0.29) is 11.9 Å². The normalized spacial score (nSPS) is 47.8. The fraction of sp³-hybridized carbons (Fsp3) is 1.00. The van der Waals surface area contributed by atoms with E-state index in [9.17, 15) is 0 Å². The predicted octanol–water partition coefficient (Wildman–Crippen LogP) is 3.11. The quantitative estimate of drug-likeness (QED) is 0.678. The van der Waals surface area contributed by atoms with Crippen LogP contribution in [0.1, 0.15) is 52.9 Å². The predicted molar refractivity (Wildman–Crippen MR) is 56.1 cm³/mol. The fourth-order valence-electron chi connectivity index (χ4n) is 2.86. The maximum Gasteiger partial charge on any atom is 0.169 e. The summed E-state index contributed by atoms with van der Waals surface area (Å²) in [7, 11) is 0. The van der Waals surface area contributed by atoms with E-state index in [0.717, 1.165) is 25.2 Å². The summed E-state index contributed by atoms with van der Waals surface area (Å²) in [5, 5.41) is 0. The van der Waals surface area contributed by atoms with Gasteiger partial charge in [0, 0.05) is 12.8 Å². The van der Waals surface area contributed by atoms with E-state index in [4.69, 9.17) is 9.47 Å². The lowest BCUT2D eigenvalue weighted by molar-refractivity contribution is -0.170.